The zero-order valence-electron chi connectivity index (χ0n) is 10.0. The Kier molecular flexibility index (Phi) is 3.24. The summed E-state index contributed by atoms with van der Waals surface area (Å²) in [5.74, 6) is 1.17. The molecule has 2 aromatic heterocycles. The van der Waals surface area contributed by atoms with Crippen molar-refractivity contribution in [2.75, 3.05) is 24.5 Å². The Morgan fingerprint density at radius 3 is 2.94 bits per heavy atom. The first kappa shape index (κ1) is 11.6. The maximum absolute atomic E-state index is 5.50. The van der Waals surface area contributed by atoms with Crippen molar-refractivity contribution in [3.05, 3.63) is 10.4 Å². The Hall–Kier alpha value is -1.47. The monoisotopic (exact) mass is 265 g/mol. The van der Waals surface area contributed by atoms with Gasteiger partial charge < -0.3 is 15.2 Å². The number of thiazole rings is 1. The van der Waals surface area contributed by atoms with Crippen LogP contribution in [0, 0.1) is 0 Å². The molecule has 0 unspecified atom stereocenters. The maximum Gasteiger partial charge on any atom is 0.278 e. The number of nitrogens with zero attached hydrogens (tertiary/aromatic N) is 4. The fourth-order valence-electron chi connectivity index (χ4n) is 2.01. The molecule has 0 aromatic carbocycles. The van der Waals surface area contributed by atoms with Crippen molar-refractivity contribution >= 4 is 17.3 Å². The minimum absolute atomic E-state index is 0.497. The van der Waals surface area contributed by atoms with Crippen LogP contribution in [0.4, 0.5) is 5.95 Å². The second kappa shape index (κ2) is 5.03. The molecular weight excluding hydrogens is 250 g/mol. The van der Waals surface area contributed by atoms with Crippen LogP contribution in [0.5, 0.6) is 0 Å². The van der Waals surface area contributed by atoms with Crippen LogP contribution in [0.25, 0.3) is 11.6 Å². The average Bonchev–Trinajstić information content (AvgIpc) is 3.10. The smallest absolute Gasteiger partial charge is 0.278 e. The molecule has 1 aliphatic rings. The quantitative estimate of drug-likeness (QED) is 0.897. The number of rotatable bonds is 4. The van der Waals surface area contributed by atoms with Crippen LogP contribution in [0.1, 0.15) is 17.8 Å². The summed E-state index contributed by atoms with van der Waals surface area (Å²) in [5.41, 5.74) is 6.26. The highest BCUT2D eigenvalue weighted by Gasteiger charge is 2.19. The Balaban J connectivity index is 1.78. The topological polar surface area (TPSA) is 81.1 Å². The highest BCUT2D eigenvalue weighted by atomic mass is 32.1. The molecule has 0 spiro atoms. The van der Waals surface area contributed by atoms with Gasteiger partial charge in [0, 0.05) is 24.9 Å². The van der Waals surface area contributed by atoms with Crippen molar-refractivity contribution in [3.8, 4) is 11.6 Å². The number of nitrogens with two attached hydrogens (primary N) is 1. The summed E-state index contributed by atoms with van der Waals surface area (Å²) in [4.78, 5) is 11.0. The fraction of sp³-hybridized carbons (Fsp3) is 0.545. The van der Waals surface area contributed by atoms with E-state index in [0.717, 1.165) is 30.2 Å². The van der Waals surface area contributed by atoms with Crippen molar-refractivity contribution < 1.29 is 4.52 Å². The van der Waals surface area contributed by atoms with E-state index in [-0.39, 0.29) is 0 Å². The van der Waals surface area contributed by atoms with Crippen LogP contribution in [-0.2, 0) is 6.42 Å². The second-order valence-electron chi connectivity index (χ2n) is 4.26. The van der Waals surface area contributed by atoms with Crippen LogP contribution >= 0.6 is 11.3 Å². The third kappa shape index (κ3) is 2.23. The minimum atomic E-state index is 0.497. The standard InChI is InChI=1S/C11H15N5OS/c12-4-3-9-13-8(7-18-9)10-14-11(15-17-10)16-5-1-2-6-16/h7H,1-6,12H2. The van der Waals surface area contributed by atoms with Gasteiger partial charge in [0.25, 0.3) is 11.8 Å². The van der Waals surface area contributed by atoms with Crippen LogP contribution in [0.3, 0.4) is 0 Å². The molecular formula is C11H15N5OS. The molecule has 6 nitrogen and oxygen atoms in total. The van der Waals surface area contributed by atoms with Gasteiger partial charge in [-0.2, -0.15) is 4.98 Å². The molecule has 7 heteroatoms. The van der Waals surface area contributed by atoms with Gasteiger partial charge in [0.1, 0.15) is 5.69 Å². The number of anilines is 1. The Bertz CT molecular complexity index is 517. The third-order valence-electron chi connectivity index (χ3n) is 2.93. The van der Waals surface area contributed by atoms with Gasteiger partial charge in [0.05, 0.1) is 5.01 Å². The lowest BCUT2D eigenvalue weighted by Gasteiger charge is -2.09. The summed E-state index contributed by atoms with van der Waals surface area (Å²) < 4.78 is 5.26. The summed E-state index contributed by atoms with van der Waals surface area (Å²) in [6, 6.07) is 0. The van der Waals surface area contributed by atoms with Gasteiger partial charge in [-0.1, -0.05) is 0 Å². The molecule has 1 fully saturated rings. The Morgan fingerprint density at radius 2 is 2.17 bits per heavy atom. The number of hydrogen-bond donors (Lipinski definition) is 1. The summed E-state index contributed by atoms with van der Waals surface area (Å²) in [7, 11) is 0. The average molecular weight is 265 g/mol. The predicted molar refractivity (Wildman–Crippen MR) is 69.6 cm³/mol. The zero-order valence-corrected chi connectivity index (χ0v) is 10.8. The molecule has 3 rings (SSSR count). The molecule has 0 atom stereocenters. The molecule has 2 aromatic rings. The van der Waals surface area contributed by atoms with E-state index < -0.39 is 0 Å². The van der Waals surface area contributed by atoms with Gasteiger partial charge in [-0.3, -0.25) is 0 Å². The molecule has 1 saturated heterocycles. The van der Waals surface area contributed by atoms with Gasteiger partial charge in [-0.25, -0.2) is 4.98 Å². The Morgan fingerprint density at radius 1 is 1.33 bits per heavy atom. The second-order valence-corrected chi connectivity index (χ2v) is 5.20. The van der Waals surface area contributed by atoms with Crippen molar-refractivity contribution in [2.24, 2.45) is 5.73 Å². The molecule has 1 aliphatic heterocycles. The van der Waals surface area contributed by atoms with Crippen LogP contribution in [0.2, 0.25) is 0 Å². The molecule has 0 bridgehead atoms. The Labute approximate surface area is 109 Å². The van der Waals surface area contributed by atoms with Crippen LogP contribution in [-0.4, -0.2) is 34.8 Å². The maximum atomic E-state index is 5.50. The molecule has 0 aliphatic carbocycles. The van der Waals surface area contributed by atoms with E-state index in [2.05, 4.69) is 20.0 Å². The van der Waals surface area contributed by atoms with Crippen molar-refractivity contribution in [3.63, 3.8) is 0 Å². The van der Waals surface area contributed by atoms with Gasteiger partial charge in [-0.05, 0) is 24.5 Å². The minimum Gasteiger partial charge on any atom is -0.338 e. The number of hydrogen-bond acceptors (Lipinski definition) is 7. The first-order valence-corrected chi connectivity index (χ1v) is 6.98. The lowest BCUT2D eigenvalue weighted by molar-refractivity contribution is 0.429. The fourth-order valence-corrected chi connectivity index (χ4v) is 2.80. The first-order valence-electron chi connectivity index (χ1n) is 6.10. The molecule has 18 heavy (non-hydrogen) atoms. The predicted octanol–water partition coefficient (Wildman–Crippen LogP) is 1.29. The molecule has 96 valence electrons. The normalized spacial score (nSPS) is 15.5. The van der Waals surface area contributed by atoms with Crippen molar-refractivity contribution in [2.45, 2.75) is 19.3 Å². The molecule has 0 radical (unpaired) electrons. The molecule has 3 heterocycles. The SMILES string of the molecule is NCCc1nc(-c2nc(N3CCCC3)no2)cs1. The van der Waals surface area contributed by atoms with E-state index in [1.165, 1.54) is 12.8 Å². The summed E-state index contributed by atoms with van der Waals surface area (Å²) in [5, 5.41) is 6.95. The van der Waals surface area contributed by atoms with E-state index in [1.54, 1.807) is 11.3 Å². The third-order valence-corrected chi connectivity index (χ3v) is 3.84. The highest BCUT2D eigenvalue weighted by molar-refractivity contribution is 7.09. The lowest BCUT2D eigenvalue weighted by atomic mass is 10.4. The largest absolute Gasteiger partial charge is 0.338 e. The van der Waals surface area contributed by atoms with Gasteiger partial charge in [0.15, 0.2) is 0 Å². The van der Waals surface area contributed by atoms with Crippen molar-refractivity contribution in [1.82, 2.24) is 15.1 Å². The number of aromatic nitrogens is 3. The van der Waals surface area contributed by atoms with E-state index in [4.69, 9.17) is 10.3 Å². The zero-order chi connectivity index (χ0) is 12.4. The summed E-state index contributed by atoms with van der Waals surface area (Å²) >= 11 is 1.58. The first-order chi connectivity index (χ1) is 8.86. The van der Waals surface area contributed by atoms with Gasteiger partial charge in [-0.15, -0.1) is 11.3 Å². The van der Waals surface area contributed by atoms with Crippen LogP contribution in [0.15, 0.2) is 9.90 Å². The lowest BCUT2D eigenvalue weighted by Crippen LogP contribution is -2.18. The molecule has 2 N–H and O–H groups in total. The van der Waals surface area contributed by atoms with E-state index in [9.17, 15) is 0 Å². The van der Waals surface area contributed by atoms with E-state index >= 15 is 0 Å². The van der Waals surface area contributed by atoms with Crippen LogP contribution < -0.4 is 10.6 Å². The molecule has 0 amide bonds. The van der Waals surface area contributed by atoms with Gasteiger partial charge in [0.2, 0.25) is 0 Å². The van der Waals surface area contributed by atoms with E-state index in [0.29, 0.717) is 18.4 Å². The molecule has 0 saturated carbocycles. The summed E-state index contributed by atoms with van der Waals surface area (Å²) in [6.07, 6.45) is 3.18. The van der Waals surface area contributed by atoms with Gasteiger partial charge >= 0.3 is 0 Å². The summed E-state index contributed by atoms with van der Waals surface area (Å²) in [6.45, 7) is 2.62. The van der Waals surface area contributed by atoms with E-state index in [1.807, 2.05) is 5.38 Å². The van der Waals surface area contributed by atoms with Crippen molar-refractivity contribution in [1.29, 1.82) is 0 Å². The highest BCUT2D eigenvalue weighted by Crippen LogP contribution is 2.24.